The van der Waals surface area contributed by atoms with Gasteiger partial charge in [0.1, 0.15) is 0 Å². The molecule has 0 bridgehead atoms. The van der Waals surface area contributed by atoms with Gasteiger partial charge in [0.05, 0.1) is 10.5 Å². The van der Waals surface area contributed by atoms with E-state index < -0.39 is 14.6 Å². The summed E-state index contributed by atoms with van der Waals surface area (Å²) in [7, 11) is -3.05. The summed E-state index contributed by atoms with van der Waals surface area (Å²) in [5, 5.41) is 3.30. The third kappa shape index (κ3) is 4.86. The van der Waals surface area contributed by atoms with Gasteiger partial charge in [0.2, 0.25) is 5.91 Å². The maximum atomic E-state index is 12.2. The molecule has 1 amide bonds. The minimum Gasteiger partial charge on any atom is -0.357 e. The third-order valence-electron chi connectivity index (χ3n) is 5.24. The Bertz CT molecular complexity index is 607. The summed E-state index contributed by atoms with van der Waals surface area (Å²) in [5.74, 6) is 1.60. The first-order chi connectivity index (χ1) is 11.7. The summed E-state index contributed by atoms with van der Waals surface area (Å²) in [4.78, 5) is 20.1. The molecule has 2 rings (SSSR count). The second-order valence-corrected chi connectivity index (χ2v) is 10.4. The molecule has 2 saturated heterocycles. The Morgan fingerprint density at radius 2 is 1.84 bits per heavy atom. The van der Waals surface area contributed by atoms with Crippen molar-refractivity contribution < 1.29 is 13.2 Å². The molecule has 0 saturated carbocycles. The van der Waals surface area contributed by atoms with Crippen molar-refractivity contribution in [1.82, 2.24) is 15.1 Å². The number of nitrogens with zero attached hydrogens (tertiary/aromatic N) is 3. The zero-order valence-electron chi connectivity index (χ0n) is 15.9. The minimum atomic E-state index is -3.05. The fraction of sp³-hybridized carbons (Fsp3) is 0.882. The Morgan fingerprint density at radius 3 is 2.36 bits per heavy atom. The number of amides is 1. The van der Waals surface area contributed by atoms with Gasteiger partial charge < -0.3 is 15.1 Å². The highest BCUT2D eigenvalue weighted by atomic mass is 32.2. The molecule has 2 heterocycles. The molecule has 0 radical (unpaired) electrons. The number of rotatable bonds is 3. The lowest BCUT2D eigenvalue weighted by atomic mass is 9.97. The van der Waals surface area contributed by atoms with Crippen LogP contribution in [0.2, 0.25) is 0 Å². The molecule has 2 aliphatic heterocycles. The van der Waals surface area contributed by atoms with E-state index in [2.05, 4.69) is 10.2 Å². The summed E-state index contributed by atoms with van der Waals surface area (Å²) in [6.07, 6.45) is 1.95. The normalized spacial score (nSPS) is 24.2. The van der Waals surface area contributed by atoms with Crippen molar-refractivity contribution in [2.45, 2.75) is 45.3 Å². The number of carbonyl (C=O) groups excluding carboxylic acids is 1. The lowest BCUT2D eigenvalue weighted by Gasteiger charge is -2.39. The topological polar surface area (TPSA) is 82.1 Å². The zero-order chi connectivity index (χ0) is 18.7. The first-order valence-electron chi connectivity index (χ1n) is 9.17. The summed E-state index contributed by atoms with van der Waals surface area (Å²) in [5.41, 5.74) is 0. The van der Waals surface area contributed by atoms with Crippen molar-refractivity contribution in [3.8, 4) is 0 Å². The van der Waals surface area contributed by atoms with E-state index in [0.717, 1.165) is 45.0 Å². The number of nitrogens with one attached hydrogen (secondary N) is 1. The number of likely N-dealkylation sites (tertiary alicyclic amines) is 1. The van der Waals surface area contributed by atoms with Crippen LogP contribution in [-0.4, -0.2) is 79.9 Å². The highest BCUT2D eigenvalue weighted by Crippen LogP contribution is 2.24. The number of hydrogen-bond acceptors (Lipinski definition) is 4. The van der Waals surface area contributed by atoms with Crippen LogP contribution in [0.1, 0.15) is 40.5 Å². The van der Waals surface area contributed by atoms with Gasteiger partial charge in [-0.3, -0.25) is 9.79 Å². The Hall–Kier alpha value is -1.31. The van der Waals surface area contributed by atoms with Gasteiger partial charge in [-0.1, -0.05) is 0 Å². The molecule has 1 N–H and O–H groups in total. The maximum absolute atomic E-state index is 12.2. The highest BCUT2D eigenvalue weighted by molar-refractivity contribution is 7.92. The van der Waals surface area contributed by atoms with Crippen LogP contribution in [0.25, 0.3) is 0 Å². The fourth-order valence-electron chi connectivity index (χ4n) is 3.40. The SMILES string of the molecule is CCNC(=NCC1CCN(C(C)=O)CC1)N1CCS(=O)(=O)C(C)(C)C1. The van der Waals surface area contributed by atoms with E-state index in [0.29, 0.717) is 19.0 Å². The molecule has 2 fully saturated rings. The molecule has 144 valence electrons. The summed E-state index contributed by atoms with van der Waals surface area (Å²) in [6, 6.07) is 0. The Labute approximate surface area is 151 Å². The van der Waals surface area contributed by atoms with Gasteiger partial charge in [-0.05, 0) is 39.5 Å². The first kappa shape index (κ1) is 20.0. The van der Waals surface area contributed by atoms with E-state index >= 15 is 0 Å². The standard InChI is InChI=1S/C17H32N4O3S/c1-5-18-16(21-10-11-25(23,24)17(3,4)13-21)19-12-15-6-8-20(9-7-15)14(2)22/h15H,5-13H2,1-4H3,(H,18,19). The van der Waals surface area contributed by atoms with E-state index in [1.165, 1.54) is 0 Å². The van der Waals surface area contributed by atoms with Crippen molar-refractivity contribution in [1.29, 1.82) is 0 Å². The number of hydrogen-bond donors (Lipinski definition) is 1. The zero-order valence-corrected chi connectivity index (χ0v) is 16.7. The van der Waals surface area contributed by atoms with Crippen LogP contribution in [0.3, 0.4) is 0 Å². The number of carbonyl (C=O) groups is 1. The van der Waals surface area contributed by atoms with Gasteiger partial charge in [-0.2, -0.15) is 0 Å². The van der Waals surface area contributed by atoms with E-state index in [1.54, 1.807) is 20.8 Å². The van der Waals surface area contributed by atoms with E-state index in [1.807, 2.05) is 11.8 Å². The molecule has 2 aliphatic rings. The fourth-order valence-corrected chi connectivity index (χ4v) is 4.76. The van der Waals surface area contributed by atoms with E-state index in [9.17, 15) is 13.2 Å². The molecule has 8 heteroatoms. The smallest absolute Gasteiger partial charge is 0.219 e. The van der Waals surface area contributed by atoms with Crippen molar-refractivity contribution in [3.05, 3.63) is 0 Å². The number of guanidine groups is 1. The number of sulfone groups is 1. The lowest BCUT2D eigenvalue weighted by molar-refractivity contribution is -0.130. The van der Waals surface area contributed by atoms with Crippen LogP contribution in [0.5, 0.6) is 0 Å². The van der Waals surface area contributed by atoms with Gasteiger partial charge in [0.15, 0.2) is 15.8 Å². The van der Waals surface area contributed by atoms with Crippen LogP contribution in [-0.2, 0) is 14.6 Å². The average molecular weight is 373 g/mol. The largest absolute Gasteiger partial charge is 0.357 e. The number of piperidine rings is 1. The molecule has 0 aliphatic carbocycles. The molecule has 0 atom stereocenters. The third-order valence-corrected chi connectivity index (χ3v) is 7.77. The lowest BCUT2D eigenvalue weighted by Crippen LogP contribution is -2.57. The van der Waals surface area contributed by atoms with Crippen LogP contribution in [0, 0.1) is 5.92 Å². The predicted octanol–water partition coefficient (Wildman–Crippen LogP) is 0.719. The predicted molar refractivity (Wildman–Crippen MR) is 100 cm³/mol. The summed E-state index contributed by atoms with van der Waals surface area (Å²) in [6.45, 7) is 11.3. The summed E-state index contributed by atoms with van der Waals surface area (Å²) >= 11 is 0. The van der Waals surface area contributed by atoms with Crippen LogP contribution in [0.15, 0.2) is 4.99 Å². The molecule has 0 spiro atoms. The molecule has 0 unspecified atom stereocenters. The molecular formula is C17H32N4O3S. The first-order valence-corrected chi connectivity index (χ1v) is 10.8. The van der Waals surface area contributed by atoms with Gasteiger partial charge in [0.25, 0.3) is 0 Å². The van der Waals surface area contributed by atoms with Gasteiger partial charge in [0, 0.05) is 46.2 Å². The Kier molecular flexibility index (Phi) is 6.35. The van der Waals surface area contributed by atoms with Gasteiger partial charge >= 0.3 is 0 Å². The van der Waals surface area contributed by atoms with Crippen molar-refractivity contribution in [3.63, 3.8) is 0 Å². The van der Waals surface area contributed by atoms with Gasteiger partial charge in [-0.25, -0.2) is 8.42 Å². The quantitative estimate of drug-likeness (QED) is 0.583. The second-order valence-electron chi connectivity index (χ2n) is 7.64. The second kappa shape index (κ2) is 7.93. The molecular weight excluding hydrogens is 340 g/mol. The highest BCUT2D eigenvalue weighted by Gasteiger charge is 2.41. The Balaban J connectivity index is 1.99. The maximum Gasteiger partial charge on any atom is 0.219 e. The monoisotopic (exact) mass is 372 g/mol. The van der Waals surface area contributed by atoms with E-state index in [-0.39, 0.29) is 11.7 Å². The van der Waals surface area contributed by atoms with Crippen LogP contribution >= 0.6 is 0 Å². The van der Waals surface area contributed by atoms with Crippen LogP contribution in [0.4, 0.5) is 0 Å². The minimum absolute atomic E-state index is 0.145. The molecule has 0 aromatic carbocycles. The summed E-state index contributed by atoms with van der Waals surface area (Å²) < 4.78 is 23.6. The van der Waals surface area contributed by atoms with Crippen LogP contribution < -0.4 is 5.32 Å². The van der Waals surface area contributed by atoms with Crippen molar-refractivity contribution >= 4 is 21.7 Å². The molecule has 7 nitrogen and oxygen atoms in total. The molecule has 25 heavy (non-hydrogen) atoms. The van der Waals surface area contributed by atoms with Crippen molar-refractivity contribution in [2.75, 3.05) is 45.0 Å². The van der Waals surface area contributed by atoms with E-state index in [4.69, 9.17) is 4.99 Å². The van der Waals surface area contributed by atoms with Crippen molar-refractivity contribution in [2.24, 2.45) is 10.9 Å². The molecule has 0 aromatic heterocycles. The average Bonchev–Trinajstić information content (AvgIpc) is 2.54. The Morgan fingerprint density at radius 1 is 1.20 bits per heavy atom. The molecule has 0 aromatic rings. The number of aliphatic imine (C=N–C) groups is 1. The van der Waals surface area contributed by atoms with Gasteiger partial charge in [-0.15, -0.1) is 0 Å².